The van der Waals surface area contributed by atoms with Gasteiger partial charge in [-0.05, 0) is 36.8 Å². The normalized spacial score (nSPS) is 15.0. The van der Waals surface area contributed by atoms with E-state index in [-0.39, 0.29) is 16.8 Å². The Kier molecular flexibility index (Phi) is 5.89. The zero-order chi connectivity index (χ0) is 22.0. The van der Waals surface area contributed by atoms with E-state index in [9.17, 15) is 19.7 Å². The molecule has 2 aromatic carbocycles. The molecule has 0 N–H and O–H groups in total. The van der Waals surface area contributed by atoms with Gasteiger partial charge >= 0.3 is 5.97 Å². The van der Waals surface area contributed by atoms with E-state index in [4.69, 9.17) is 21.1 Å². The van der Waals surface area contributed by atoms with E-state index >= 15 is 0 Å². The molecule has 154 valence electrons. The van der Waals surface area contributed by atoms with Crippen LogP contribution in [-0.4, -0.2) is 31.0 Å². The Bertz CT molecular complexity index is 1120. The molecule has 0 radical (unpaired) electrons. The second kappa shape index (κ2) is 8.38. The van der Waals surface area contributed by atoms with Gasteiger partial charge in [0.25, 0.3) is 11.6 Å². The smallest absolute Gasteiger partial charge is 0.340 e. The summed E-state index contributed by atoms with van der Waals surface area (Å²) in [6.45, 7) is 1.61. The fraction of sp³-hybridized carbons (Fsp3) is 0.143. The van der Waals surface area contributed by atoms with Crippen LogP contribution in [0.4, 0.5) is 11.4 Å². The second-order valence-corrected chi connectivity index (χ2v) is 6.73. The van der Waals surface area contributed by atoms with Gasteiger partial charge in [-0.3, -0.25) is 19.8 Å². The predicted octanol–water partition coefficient (Wildman–Crippen LogP) is 4.13. The summed E-state index contributed by atoms with van der Waals surface area (Å²) >= 11 is 6.19. The number of carbonyl (C=O) groups is 2. The first kappa shape index (κ1) is 21.1. The number of amides is 1. The van der Waals surface area contributed by atoms with Gasteiger partial charge in [0, 0.05) is 17.8 Å². The molecule has 1 aliphatic rings. The zero-order valence-corrected chi connectivity index (χ0v) is 17.1. The molecule has 0 spiro atoms. The van der Waals surface area contributed by atoms with E-state index in [1.54, 1.807) is 31.2 Å². The number of hydrogen-bond acceptors (Lipinski definition) is 6. The monoisotopic (exact) mass is 428 g/mol. The van der Waals surface area contributed by atoms with Crippen LogP contribution >= 0.6 is 11.6 Å². The van der Waals surface area contributed by atoms with Gasteiger partial charge in [-0.25, -0.2) is 4.79 Å². The first-order chi connectivity index (χ1) is 14.3. The lowest BCUT2D eigenvalue weighted by molar-refractivity contribution is -0.384. The van der Waals surface area contributed by atoms with Crippen molar-refractivity contribution in [3.8, 4) is 5.75 Å². The molecule has 3 rings (SSSR count). The third-order valence-electron chi connectivity index (χ3n) is 4.58. The average Bonchev–Trinajstić information content (AvgIpc) is 2.97. The summed E-state index contributed by atoms with van der Waals surface area (Å²) in [5, 5.41) is 11.3. The summed E-state index contributed by atoms with van der Waals surface area (Å²) < 4.78 is 9.99. The van der Waals surface area contributed by atoms with Crippen LogP contribution in [0.15, 0.2) is 59.3 Å². The maximum absolute atomic E-state index is 13.2. The quantitative estimate of drug-likeness (QED) is 0.307. The van der Waals surface area contributed by atoms with Crippen molar-refractivity contribution in [1.82, 2.24) is 0 Å². The highest BCUT2D eigenvalue weighted by atomic mass is 35.5. The highest BCUT2D eigenvalue weighted by molar-refractivity contribution is 6.32. The molecule has 2 aromatic rings. The van der Waals surface area contributed by atoms with Crippen molar-refractivity contribution >= 4 is 40.9 Å². The van der Waals surface area contributed by atoms with Crippen molar-refractivity contribution in [3.05, 3.63) is 80.0 Å². The summed E-state index contributed by atoms with van der Waals surface area (Å²) in [6, 6.07) is 10.6. The van der Waals surface area contributed by atoms with Crippen molar-refractivity contribution in [1.29, 1.82) is 0 Å². The van der Waals surface area contributed by atoms with Crippen LogP contribution in [0.3, 0.4) is 0 Å². The zero-order valence-electron chi connectivity index (χ0n) is 16.3. The Hall–Kier alpha value is -3.65. The van der Waals surface area contributed by atoms with E-state index in [0.717, 1.165) is 0 Å². The number of hydrogen-bond donors (Lipinski definition) is 0. The van der Waals surface area contributed by atoms with Crippen LogP contribution in [0.2, 0.25) is 5.02 Å². The van der Waals surface area contributed by atoms with E-state index < -0.39 is 16.8 Å². The van der Waals surface area contributed by atoms with Gasteiger partial charge in [-0.15, -0.1) is 0 Å². The number of benzene rings is 2. The Balaban J connectivity index is 2.14. The van der Waals surface area contributed by atoms with Crippen LogP contribution in [0, 0.1) is 10.1 Å². The Labute approximate surface area is 177 Å². The SMILES string of the molecule is COC(=O)C1=C(C)N(c2ccc(OC)c(Cl)c2)C(=O)C1=Cc1cccc([N+](=O)[O-])c1. The lowest BCUT2D eigenvalue weighted by Crippen LogP contribution is -2.24. The van der Waals surface area contributed by atoms with Crippen molar-refractivity contribution in [2.45, 2.75) is 6.92 Å². The summed E-state index contributed by atoms with van der Waals surface area (Å²) in [5.74, 6) is -0.741. The van der Waals surface area contributed by atoms with Crippen LogP contribution in [-0.2, 0) is 14.3 Å². The fourth-order valence-electron chi connectivity index (χ4n) is 3.18. The van der Waals surface area contributed by atoms with Gasteiger partial charge in [0.05, 0.1) is 41.0 Å². The molecule has 1 aliphatic heterocycles. The number of esters is 1. The number of anilines is 1. The lowest BCUT2D eigenvalue weighted by atomic mass is 10.0. The third kappa shape index (κ3) is 3.77. The molecule has 0 bridgehead atoms. The highest BCUT2D eigenvalue weighted by Gasteiger charge is 2.38. The molecule has 1 heterocycles. The minimum absolute atomic E-state index is 0.0618. The molecule has 0 fully saturated rings. The maximum atomic E-state index is 13.2. The molecule has 0 aromatic heterocycles. The molecular formula is C21H17ClN2O6. The first-order valence-corrected chi connectivity index (χ1v) is 9.10. The number of ether oxygens (including phenoxy) is 2. The number of halogens is 1. The second-order valence-electron chi connectivity index (χ2n) is 6.32. The minimum Gasteiger partial charge on any atom is -0.495 e. The number of rotatable bonds is 5. The van der Waals surface area contributed by atoms with Crippen molar-refractivity contribution in [3.63, 3.8) is 0 Å². The number of carbonyl (C=O) groups excluding carboxylic acids is 2. The van der Waals surface area contributed by atoms with Crippen LogP contribution in [0.1, 0.15) is 12.5 Å². The molecule has 8 nitrogen and oxygen atoms in total. The van der Waals surface area contributed by atoms with E-state index in [1.165, 1.54) is 43.4 Å². The Morgan fingerprint density at radius 3 is 2.53 bits per heavy atom. The summed E-state index contributed by atoms with van der Waals surface area (Å²) in [6.07, 6.45) is 1.43. The van der Waals surface area contributed by atoms with Crippen LogP contribution in [0.5, 0.6) is 5.75 Å². The maximum Gasteiger partial charge on any atom is 0.340 e. The average molecular weight is 429 g/mol. The number of nitro benzene ring substituents is 1. The van der Waals surface area contributed by atoms with Gasteiger partial charge in [-0.1, -0.05) is 23.7 Å². The number of methoxy groups -OCH3 is 2. The van der Waals surface area contributed by atoms with Crippen LogP contribution < -0.4 is 9.64 Å². The molecule has 0 atom stereocenters. The third-order valence-corrected chi connectivity index (χ3v) is 4.87. The van der Waals surface area contributed by atoms with Crippen LogP contribution in [0.25, 0.3) is 6.08 Å². The summed E-state index contributed by atoms with van der Waals surface area (Å²) in [4.78, 5) is 37.5. The fourth-order valence-corrected chi connectivity index (χ4v) is 3.43. The largest absolute Gasteiger partial charge is 0.495 e. The van der Waals surface area contributed by atoms with E-state index in [2.05, 4.69) is 0 Å². The van der Waals surface area contributed by atoms with Gasteiger partial charge in [0.15, 0.2) is 0 Å². The van der Waals surface area contributed by atoms with E-state index in [0.29, 0.717) is 27.7 Å². The molecule has 0 saturated heterocycles. The topological polar surface area (TPSA) is 99.0 Å². The highest BCUT2D eigenvalue weighted by Crippen LogP contribution is 2.38. The van der Waals surface area contributed by atoms with Gasteiger partial charge in [-0.2, -0.15) is 0 Å². The van der Waals surface area contributed by atoms with Gasteiger partial charge < -0.3 is 9.47 Å². The summed E-state index contributed by atoms with van der Waals surface area (Å²) in [5.41, 5.74) is 1.19. The molecule has 9 heteroatoms. The first-order valence-electron chi connectivity index (χ1n) is 8.72. The van der Waals surface area contributed by atoms with Gasteiger partial charge in [0.2, 0.25) is 0 Å². The van der Waals surface area contributed by atoms with Crippen molar-refractivity contribution < 1.29 is 24.0 Å². The predicted molar refractivity (Wildman–Crippen MR) is 111 cm³/mol. The molecule has 30 heavy (non-hydrogen) atoms. The van der Waals surface area contributed by atoms with Crippen molar-refractivity contribution in [2.75, 3.05) is 19.1 Å². The number of nitro groups is 1. The molecule has 0 aliphatic carbocycles. The standard InChI is InChI=1S/C21H17ClN2O6/c1-12-19(21(26)30-3)16(10-13-5-4-6-15(9-13)24(27)28)20(25)23(12)14-7-8-18(29-2)17(22)11-14/h4-11H,1-3H3. The summed E-state index contributed by atoms with van der Waals surface area (Å²) in [7, 11) is 2.69. The number of non-ortho nitro benzene ring substituents is 1. The number of allylic oxidation sites excluding steroid dienone is 1. The van der Waals surface area contributed by atoms with E-state index in [1.807, 2.05) is 0 Å². The lowest BCUT2D eigenvalue weighted by Gasteiger charge is -2.19. The van der Waals surface area contributed by atoms with Gasteiger partial charge in [0.1, 0.15) is 5.75 Å². The van der Waals surface area contributed by atoms with Crippen molar-refractivity contribution in [2.24, 2.45) is 0 Å². The molecule has 0 unspecified atom stereocenters. The number of nitrogens with zero attached hydrogens (tertiary/aromatic N) is 2. The Morgan fingerprint density at radius 1 is 1.20 bits per heavy atom. The molecule has 1 amide bonds. The molecular weight excluding hydrogens is 412 g/mol. The molecule has 0 saturated carbocycles. The Morgan fingerprint density at radius 2 is 1.93 bits per heavy atom. The minimum atomic E-state index is -0.695.